The van der Waals surface area contributed by atoms with Crippen LogP contribution in [0.25, 0.3) is 10.8 Å². The van der Waals surface area contributed by atoms with Gasteiger partial charge < -0.3 is 10.2 Å². The smallest absolute Gasteiger partial charge is 0.152 e. The molecule has 0 aromatic heterocycles. The van der Waals surface area contributed by atoms with Gasteiger partial charge in [-0.1, -0.05) is 79.8 Å². The minimum Gasteiger partial charge on any atom is -0.352 e. The van der Waals surface area contributed by atoms with Gasteiger partial charge in [-0.3, -0.25) is 9.69 Å². The van der Waals surface area contributed by atoms with Gasteiger partial charge >= 0.3 is 0 Å². The minimum absolute atomic E-state index is 0.339. The summed E-state index contributed by atoms with van der Waals surface area (Å²) in [6.45, 7) is 7.05. The Balaban J connectivity index is 0.000000277. The molecule has 0 radical (unpaired) electrons. The summed E-state index contributed by atoms with van der Waals surface area (Å²) >= 11 is 4.71. The highest BCUT2D eigenvalue weighted by Crippen LogP contribution is 2.22. The van der Waals surface area contributed by atoms with Crippen molar-refractivity contribution in [3.8, 4) is 0 Å². The highest BCUT2D eigenvalue weighted by Gasteiger charge is 2.10. The fourth-order valence-corrected chi connectivity index (χ4v) is 3.09. The van der Waals surface area contributed by atoms with Crippen LogP contribution in [0.15, 0.2) is 79.4 Å². The monoisotopic (exact) mass is 449 g/mol. The standard InChI is InChI=1S/C12H9NOS.C12H17N.C3H9N/c14-7-11-5-9-3-1-2-4-10(9)6-12(11)13-8-15;1-4-12(13(3)5-2)11-9-7-6-8-10-11;1-4(2)3/h1-8H,(H,13,15);4,6-10,12H,1,5H2,2-3H3;1-3H3. The van der Waals surface area contributed by atoms with E-state index in [4.69, 9.17) is 12.2 Å². The van der Waals surface area contributed by atoms with E-state index in [1.54, 1.807) is 0 Å². The van der Waals surface area contributed by atoms with Crippen LogP contribution in [0.2, 0.25) is 0 Å². The molecule has 0 aliphatic heterocycles. The zero-order chi connectivity index (χ0) is 23.9. The number of hydrogen-bond acceptors (Lipinski definition) is 4. The second kappa shape index (κ2) is 15.0. The fraction of sp³-hybridized carbons (Fsp3) is 0.259. The zero-order valence-corrected chi connectivity index (χ0v) is 20.6. The summed E-state index contributed by atoms with van der Waals surface area (Å²) in [4.78, 5) is 15.1. The van der Waals surface area contributed by atoms with Crippen molar-refractivity contribution in [2.24, 2.45) is 0 Å². The predicted molar refractivity (Wildman–Crippen MR) is 144 cm³/mol. The predicted octanol–water partition coefficient (Wildman–Crippen LogP) is 6.06. The molecule has 1 unspecified atom stereocenters. The summed E-state index contributed by atoms with van der Waals surface area (Å²) in [5.74, 6) is 0. The minimum atomic E-state index is 0.339. The number of carbonyl (C=O) groups excluding carboxylic acids is 1. The number of likely N-dealkylation sites (N-methyl/N-ethyl adjacent to an activating group) is 1. The summed E-state index contributed by atoms with van der Waals surface area (Å²) in [6, 6.07) is 22.4. The van der Waals surface area contributed by atoms with E-state index in [1.165, 1.54) is 11.1 Å². The van der Waals surface area contributed by atoms with Gasteiger partial charge in [0.15, 0.2) is 6.29 Å². The number of anilines is 1. The molecule has 5 heteroatoms. The van der Waals surface area contributed by atoms with E-state index in [9.17, 15) is 4.79 Å². The molecule has 3 aromatic carbocycles. The van der Waals surface area contributed by atoms with E-state index in [1.807, 2.05) is 74.6 Å². The van der Waals surface area contributed by atoms with Crippen molar-refractivity contribution in [1.29, 1.82) is 0 Å². The Kier molecular flexibility index (Phi) is 12.8. The van der Waals surface area contributed by atoms with Gasteiger partial charge in [-0.05, 0) is 63.2 Å². The molecule has 1 N–H and O–H groups in total. The van der Waals surface area contributed by atoms with Gasteiger partial charge in [0.25, 0.3) is 0 Å². The van der Waals surface area contributed by atoms with E-state index in [0.717, 1.165) is 29.3 Å². The molecule has 0 amide bonds. The Labute approximate surface area is 198 Å². The average Bonchev–Trinajstić information content (AvgIpc) is 2.80. The van der Waals surface area contributed by atoms with Gasteiger partial charge in [-0.15, -0.1) is 6.58 Å². The maximum absolute atomic E-state index is 10.9. The van der Waals surface area contributed by atoms with Crippen LogP contribution >= 0.6 is 12.2 Å². The number of thiocarbonyl (C=S) groups is 1. The number of benzene rings is 3. The van der Waals surface area contributed by atoms with Crippen molar-refractivity contribution >= 4 is 40.5 Å². The van der Waals surface area contributed by atoms with Crippen LogP contribution in [0, 0.1) is 0 Å². The van der Waals surface area contributed by atoms with Gasteiger partial charge in [0.1, 0.15) is 0 Å². The zero-order valence-electron chi connectivity index (χ0n) is 19.8. The first-order valence-electron chi connectivity index (χ1n) is 10.5. The lowest BCUT2D eigenvalue weighted by molar-refractivity contribution is 0.112. The summed E-state index contributed by atoms with van der Waals surface area (Å²) in [7, 11) is 8.11. The third kappa shape index (κ3) is 9.10. The van der Waals surface area contributed by atoms with Crippen molar-refractivity contribution in [2.45, 2.75) is 13.0 Å². The molecule has 1 atom stereocenters. The molecule has 0 saturated heterocycles. The molecule has 0 heterocycles. The number of nitrogens with one attached hydrogen (secondary N) is 1. The number of nitrogens with zero attached hydrogens (tertiary/aromatic N) is 2. The summed E-state index contributed by atoms with van der Waals surface area (Å²) in [5.41, 5.74) is 4.08. The first kappa shape index (κ1) is 27.2. The molecular formula is C27H35N3OS. The van der Waals surface area contributed by atoms with Crippen LogP contribution in [0.4, 0.5) is 5.69 Å². The Morgan fingerprint density at radius 3 is 1.97 bits per heavy atom. The average molecular weight is 450 g/mol. The largest absolute Gasteiger partial charge is 0.352 e. The molecule has 0 spiro atoms. The summed E-state index contributed by atoms with van der Waals surface area (Å²) < 4.78 is 0. The van der Waals surface area contributed by atoms with Gasteiger partial charge in [-0.2, -0.15) is 0 Å². The molecule has 0 saturated carbocycles. The first-order valence-corrected chi connectivity index (χ1v) is 11.0. The fourth-order valence-electron chi connectivity index (χ4n) is 2.96. The van der Waals surface area contributed by atoms with Gasteiger partial charge in [0, 0.05) is 11.3 Å². The van der Waals surface area contributed by atoms with Crippen molar-refractivity contribution in [1.82, 2.24) is 9.80 Å². The number of hydrogen-bond donors (Lipinski definition) is 1. The number of aldehydes is 1. The van der Waals surface area contributed by atoms with Crippen LogP contribution in [0.5, 0.6) is 0 Å². The normalized spacial score (nSPS) is 11.0. The molecule has 3 rings (SSSR count). The first-order chi connectivity index (χ1) is 15.4. The third-order valence-electron chi connectivity index (χ3n) is 4.60. The lowest BCUT2D eigenvalue weighted by Crippen LogP contribution is -2.22. The van der Waals surface area contributed by atoms with Crippen LogP contribution in [0.3, 0.4) is 0 Å². The maximum Gasteiger partial charge on any atom is 0.152 e. The molecule has 4 nitrogen and oxygen atoms in total. The second-order valence-corrected chi connectivity index (χ2v) is 7.91. The van der Waals surface area contributed by atoms with E-state index in [2.05, 4.69) is 55.0 Å². The molecule has 0 aliphatic rings. The van der Waals surface area contributed by atoms with Crippen LogP contribution in [0.1, 0.15) is 28.9 Å². The Morgan fingerprint density at radius 1 is 0.969 bits per heavy atom. The van der Waals surface area contributed by atoms with Crippen molar-refractivity contribution in [3.05, 3.63) is 90.5 Å². The molecule has 170 valence electrons. The Hall–Kier alpha value is -2.86. The topological polar surface area (TPSA) is 35.6 Å². The van der Waals surface area contributed by atoms with Gasteiger partial charge in [0.2, 0.25) is 0 Å². The SMILES string of the molecule is C=CC(c1ccccc1)N(C)CC.CN(C)C.O=Cc1cc2ccccc2cc1NC=S. The van der Waals surface area contributed by atoms with E-state index >= 15 is 0 Å². The maximum atomic E-state index is 10.9. The van der Waals surface area contributed by atoms with Crippen molar-refractivity contribution in [3.63, 3.8) is 0 Å². The number of fused-ring (bicyclic) bond motifs is 1. The Morgan fingerprint density at radius 2 is 1.50 bits per heavy atom. The van der Waals surface area contributed by atoms with Crippen molar-refractivity contribution < 1.29 is 4.79 Å². The summed E-state index contributed by atoms with van der Waals surface area (Å²) in [6.07, 6.45) is 2.81. The highest BCUT2D eigenvalue weighted by atomic mass is 32.1. The van der Waals surface area contributed by atoms with Gasteiger partial charge in [0.05, 0.1) is 11.5 Å². The number of rotatable bonds is 7. The Bertz CT molecular complexity index is 970. The summed E-state index contributed by atoms with van der Waals surface area (Å²) in [5, 5.41) is 5.01. The van der Waals surface area contributed by atoms with E-state index in [-0.39, 0.29) is 0 Å². The molecule has 0 aliphatic carbocycles. The quantitative estimate of drug-likeness (QED) is 0.269. The van der Waals surface area contributed by atoms with E-state index < -0.39 is 0 Å². The molecule has 0 bridgehead atoms. The number of carbonyl (C=O) groups is 1. The van der Waals surface area contributed by atoms with Gasteiger partial charge in [-0.25, -0.2) is 0 Å². The molecule has 3 aromatic rings. The van der Waals surface area contributed by atoms with Crippen molar-refractivity contribution in [2.75, 3.05) is 40.1 Å². The highest BCUT2D eigenvalue weighted by molar-refractivity contribution is 7.79. The van der Waals surface area contributed by atoms with E-state index in [0.29, 0.717) is 11.6 Å². The van der Waals surface area contributed by atoms with Crippen LogP contribution in [-0.4, -0.2) is 56.3 Å². The lowest BCUT2D eigenvalue weighted by Gasteiger charge is -2.23. The molecular weight excluding hydrogens is 414 g/mol. The van der Waals surface area contributed by atoms with Crippen LogP contribution < -0.4 is 5.32 Å². The lowest BCUT2D eigenvalue weighted by atomic mass is 10.1. The molecule has 0 fully saturated rings. The van der Waals surface area contributed by atoms with Crippen LogP contribution in [-0.2, 0) is 0 Å². The third-order valence-corrected chi connectivity index (χ3v) is 4.72. The second-order valence-electron chi connectivity index (χ2n) is 7.67. The molecule has 32 heavy (non-hydrogen) atoms.